The first-order valence-electron chi connectivity index (χ1n) is 35.7. The van der Waals surface area contributed by atoms with Crippen LogP contribution < -0.4 is 85.9 Å². The van der Waals surface area contributed by atoms with E-state index in [4.69, 9.17) is 16.9 Å². The largest absolute Gasteiger partial charge is 0.508 e. The number of carboxylic acids is 4. The van der Waals surface area contributed by atoms with E-state index in [2.05, 4.69) is 79.1 Å². The fourth-order valence-corrected chi connectivity index (χ4v) is 10.7. The molecule has 13 amide bonds. The fourth-order valence-electron chi connectivity index (χ4n) is 10.7. The van der Waals surface area contributed by atoms with E-state index in [9.17, 15) is 127 Å². The van der Waals surface area contributed by atoms with Gasteiger partial charge in [-0.2, -0.15) is 0 Å². The molecule has 12 atom stereocenters. The number of aliphatic carboxylic acids is 4. The number of non-ortho nitro benzene ring substituents is 1. The lowest BCUT2D eigenvalue weighted by Gasteiger charge is -2.28. The standard InChI is InChI=1S/C70H94N20O26/c1-34(2)57(69(114)79-38-13-15-40(16-14-38)90(115)116)89-63(108)45(20-22-54(97)98)83-65(110)46(25-37-11-17-41(93)18-12-37)80-52(94)30-76-60(105)51(32-92)88-68(113)50(28-56(101)102)87-67(112)48(26-39-29-74-33-77-39)86-61(106)43(10-7-23-75-70(72)73)82-66(111)47(24-36-8-5-4-6-9-36)85-62(107)44(19-21-53(95)96)81-58(103)35(3)78-64(109)49(27-55(99)100)84-59(104)42(71)31-91/h4-6,8-9,11-18,29,33-35,42-51,57,91-93H,7,10,19-28,30-32,71H2,1-3H3,(H,74,77)(H,76,105)(H,78,109)(H,79,114)(H,80,94)(H,81,103)(H,82,111)(H,83,110)(H,84,104)(H,85,107)(H,86,106)(H,87,112)(H,88,113)(H,89,108)(H,95,96)(H,97,98)(H,99,100)(H,101,102)(H4,72,73,75)/t35-,42-,43-,44-,45-,46-,47-,48-,49-,50-,51-,57-/m0/s1. The Morgan fingerprint density at radius 3 is 1.42 bits per heavy atom. The zero-order chi connectivity index (χ0) is 86.5. The van der Waals surface area contributed by atoms with Crippen LogP contribution in [0.3, 0.4) is 0 Å². The zero-order valence-corrected chi connectivity index (χ0v) is 62.7. The molecule has 0 spiro atoms. The van der Waals surface area contributed by atoms with Gasteiger partial charge in [0.1, 0.15) is 78.3 Å². The lowest BCUT2D eigenvalue weighted by molar-refractivity contribution is -0.384. The van der Waals surface area contributed by atoms with Crippen LogP contribution in [0.15, 0.2) is 91.4 Å². The van der Waals surface area contributed by atoms with Gasteiger partial charge in [-0.05, 0) is 73.9 Å². The molecule has 0 aliphatic carbocycles. The lowest BCUT2D eigenvalue weighted by atomic mass is 10.0. The van der Waals surface area contributed by atoms with E-state index in [1.54, 1.807) is 32.0 Å². The SMILES string of the molecule is CC(C)[C@H](NC(=O)[C@H](CCC(=O)O)NC(=O)[C@H](Cc1ccc(O)cc1)NC(=O)CNC(=O)[C@H](CO)NC(=O)[C@H](CC(=O)O)NC(=O)[C@H](Cc1cnc[nH]1)NC(=O)[C@H](CCCNC(=N)N)NC(=O)[C@H](Cc1ccccc1)NC(=O)[C@H](CCC(=O)O)NC(=O)[C@H](C)NC(=O)[C@H](CC(=O)O)NC(=O)[C@@H](N)CO)C(=O)Nc1ccc([N+](=O)[O-])cc1. The van der Waals surface area contributed by atoms with Crippen molar-refractivity contribution in [3.05, 3.63) is 118 Å². The molecule has 46 nitrogen and oxygen atoms in total. The molecule has 0 radical (unpaired) electrons. The number of anilines is 1. The molecule has 0 unspecified atom stereocenters. The highest BCUT2D eigenvalue weighted by Crippen LogP contribution is 2.18. The maximum Gasteiger partial charge on any atom is 0.305 e. The maximum atomic E-state index is 14.7. The number of hydrogen-bond donors (Lipinski definition) is 25. The molecular weight excluding hydrogens is 1540 g/mol. The first-order chi connectivity index (χ1) is 54.8. The number of carboxylic acid groups (broad SMARTS) is 4. The molecule has 630 valence electrons. The van der Waals surface area contributed by atoms with Crippen molar-refractivity contribution in [1.29, 1.82) is 5.41 Å². The van der Waals surface area contributed by atoms with Crippen LogP contribution in [0.1, 0.15) is 89.0 Å². The van der Waals surface area contributed by atoms with Crippen LogP contribution in [0.2, 0.25) is 0 Å². The number of carbonyl (C=O) groups is 17. The van der Waals surface area contributed by atoms with E-state index < -0.39 is 261 Å². The number of carbonyl (C=O) groups excluding carboxylic acids is 13. The molecule has 0 fully saturated rings. The van der Waals surface area contributed by atoms with Crippen molar-refractivity contribution >= 4 is 118 Å². The van der Waals surface area contributed by atoms with E-state index in [1.807, 2.05) is 5.32 Å². The highest BCUT2D eigenvalue weighted by molar-refractivity contribution is 6.02. The first kappa shape index (κ1) is 94.6. The number of aliphatic hydroxyl groups excluding tert-OH is 2. The van der Waals surface area contributed by atoms with Crippen LogP contribution in [0.25, 0.3) is 0 Å². The number of aromatic amines is 1. The molecule has 0 saturated carbocycles. The van der Waals surface area contributed by atoms with Crippen LogP contribution in [-0.4, -0.2) is 256 Å². The number of nitrogens with zero attached hydrogens (tertiary/aromatic N) is 2. The molecule has 0 bridgehead atoms. The second kappa shape index (κ2) is 47.5. The Kier molecular flexibility index (Phi) is 38.8. The normalized spacial score (nSPS) is 14.0. The predicted octanol–water partition coefficient (Wildman–Crippen LogP) is -6.93. The summed E-state index contributed by atoms with van der Waals surface area (Å²) in [6.07, 6.45) is -4.42. The third-order valence-corrected chi connectivity index (χ3v) is 16.9. The Labute approximate surface area is 659 Å². The number of imidazole rings is 1. The number of aromatic hydroxyl groups is 1. The van der Waals surface area contributed by atoms with Gasteiger partial charge in [-0.3, -0.25) is 97.0 Å². The molecule has 27 N–H and O–H groups in total. The number of aromatic nitrogens is 2. The summed E-state index contributed by atoms with van der Waals surface area (Å²) in [7, 11) is 0. The summed E-state index contributed by atoms with van der Waals surface area (Å²) in [6, 6.07) is -3.54. The number of benzene rings is 3. The highest BCUT2D eigenvalue weighted by atomic mass is 16.6. The summed E-state index contributed by atoms with van der Waals surface area (Å²) in [5.74, 6) is -22.9. The van der Waals surface area contributed by atoms with Gasteiger partial charge in [0, 0.05) is 68.4 Å². The second-order valence-corrected chi connectivity index (χ2v) is 26.4. The topological polar surface area (TPSA) is 748 Å². The molecule has 4 rings (SSSR count). The summed E-state index contributed by atoms with van der Waals surface area (Å²) in [5.41, 5.74) is 11.6. The van der Waals surface area contributed by atoms with Crippen molar-refractivity contribution in [3.8, 4) is 5.75 Å². The molecule has 116 heavy (non-hydrogen) atoms. The Morgan fingerprint density at radius 1 is 0.491 bits per heavy atom. The molecule has 3 aromatic carbocycles. The number of amides is 13. The summed E-state index contributed by atoms with van der Waals surface area (Å²) in [5, 5.41) is 120. The van der Waals surface area contributed by atoms with Crippen LogP contribution >= 0.6 is 0 Å². The first-order valence-corrected chi connectivity index (χ1v) is 35.7. The average Bonchev–Trinajstić information content (AvgIpc) is 1.10. The summed E-state index contributed by atoms with van der Waals surface area (Å²) in [6.45, 7) is 0.824. The molecule has 0 aliphatic heterocycles. The molecular formula is C70H94N20O26. The van der Waals surface area contributed by atoms with E-state index in [-0.39, 0.29) is 54.2 Å². The minimum Gasteiger partial charge on any atom is -0.508 e. The van der Waals surface area contributed by atoms with Gasteiger partial charge >= 0.3 is 23.9 Å². The van der Waals surface area contributed by atoms with Crippen molar-refractivity contribution in [2.75, 3.05) is 31.6 Å². The summed E-state index contributed by atoms with van der Waals surface area (Å²) < 4.78 is 0. The molecule has 1 aromatic heterocycles. The van der Waals surface area contributed by atoms with Crippen LogP contribution in [0.5, 0.6) is 5.75 Å². The molecule has 0 aliphatic rings. The average molecular weight is 1630 g/mol. The van der Waals surface area contributed by atoms with Gasteiger partial charge in [-0.15, -0.1) is 0 Å². The maximum absolute atomic E-state index is 14.7. The molecule has 0 saturated heterocycles. The summed E-state index contributed by atoms with van der Waals surface area (Å²) in [4.78, 5) is 245. The number of phenols is 1. The highest BCUT2D eigenvalue weighted by Gasteiger charge is 2.38. The Hall–Kier alpha value is -13.8. The van der Waals surface area contributed by atoms with Gasteiger partial charge in [0.25, 0.3) is 5.69 Å². The van der Waals surface area contributed by atoms with Crippen LogP contribution in [0.4, 0.5) is 11.4 Å². The van der Waals surface area contributed by atoms with Crippen LogP contribution in [-0.2, 0) is 101 Å². The Bertz CT molecular complexity index is 4140. The Morgan fingerprint density at radius 2 is 0.940 bits per heavy atom. The lowest BCUT2D eigenvalue weighted by Crippen LogP contribution is -2.61. The Balaban J connectivity index is 1.58. The van der Waals surface area contributed by atoms with Crippen molar-refractivity contribution < 1.29 is 122 Å². The number of rotatable bonds is 50. The summed E-state index contributed by atoms with van der Waals surface area (Å²) >= 11 is 0. The number of nitro benzene ring substituents is 1. The number of phenolic OH excluding ortho intramolecular Hbond substituents is 1. The monoisotopic (exact) mass is 1630 g/mol. The van der Waals surface area contributed by atoms with Gasteiger partial charge < -0.3 is 127 Å². The van der Waals surface area contributed by atoms with E-state index in [0.29, 0.717) is 5.56 Å². The quantitative estimate of drug-likeness (QED) is 0.00642. The predicted molar refractivity (Wildman–Crippen MR) is 400 cm³/mol. The molecule has 46 heteroatoms. The van der Waals surface area contributed by atoms with E-state index in [1.165, 1.54) is 61.1 Å². The van der Waals surface area contributed by atoms with Gasteiger partial charge in [-0.25, -0.2) is 4.98 Å². The number of hydrogen-bond acceptors (Lipinski definition) is 25. The zero-order valence-electron chi connectivity index (χ0n) is 62.7. The number of nitrogens with one attached hydrogen (secondary N) is 16. The number of H-pyrrole nitrogens is 1. The van der Waals surface area contributed by atoms with Gasteiger partial charge in [0.05, 0.1) is 43.9 Å². The fraction of sp³-hybridized carbons (Fsp3) is 0.443. The second-order valence-electron chi connectivity index (χ2n) is 26.4. The third kappa shape index (κ3) is 33.6. The number of aliphatic hydroxyl groups is 2. The number of guanidine groups is 1. The van der Waals surface area contributed by atoms with Gasteiger partial charge in [0.2, 0.25) is 76.8 Å². The number of nitro groups is 1. The number of nitrogens with two attached hydrogens (primary N) is 2. The van der Waals surface area contributed by atoms with E-state index >= 15 is 0 Å². The van der Waals surface area contributed by atoms with Crippen molar-refractivity contribution in [1.82, 2.24) is 79.1 Å². The van der Waals surface area contributed by atoms with Crippen molar-refractivity contribution in [2.45, 2.75) is 164 Å². The van der Waals surface area contributed by atoms with Crippen molar-refractivity contribution in [3.63, 3.8) is 0 Å². The minimum atomic E-state index is -2.17. The molecule has 1 heterocycles. The minimum absolute atomic E-state index is 0.0887. The third-order valence-electron chi connectivity index (χ3n) is 16.9. The van der Waals surface area contributed by atoms with Crippen LogP contribution in [0, 0.1) is 21.4 Å². The van der Waals surface area contributed by atoms with Gasteiger partial charge in [0.15, 0.2) is 5.96 Å². The van der Waals surface area contributed by atoms with Gasteiger partial charge in [-0.1, -0.05) is 56.3 Å². The van der Waals surface area contributed by atoms with Crippen molar-refractivity contribution in [2.24, 2.45) is 17.4 Å². The van der Waals surface area contributed by atoms with E-state index in [0.717, 1.165) is 19.1 Å². The molecule has 4 aromatic rings. The smallest absolute Gasteiger partial charge is 0.305 e.